The lowest BCUT2D eigenvalue weighted by molar-refractivity contribution is -0.150. The molecule has 124 valence electrons. The van der Waals surface area contributed by atoms with Gasteiger partial charge in [0.15, 0.2) is 0 Å². The minimum atomic E-state index is -1.05. The van der Waals surface area contributed by atoms with E-state index in [9.17, 15) is 14.4 Å². The molecular formula is C16H22Cl2O4. The third-order valence-electron chi connectivity index (χ3n) is 4.37. The van der Waals surface area contributed by atoms with Crippen LogP contribution in [0.25, 0.3) is 0 Å². The summed E-state index contributed by atoms with van der Waals surface area (Å²) in [5.41, 5.74) is -0.757. The highest BCUT2D eigenvalue weighted by molar-refractivity contribution is 6.67. The first-order valence-corrected chi connectivity index (χ1v) is 8.26. The molecule has 0 saturated heterocycles. The van der Waals surface area contributed by atoms with E-state index in [1.165, 1.54) is 0 Å². The highest BCUT2D eigenvalue weighted by Gasteiger charge is 2.50. The second-order valence-electron chi connectivity index (χ2n) is 5.95. The molecule has 1 aliphatic rings. The number of rotatable bonds is 7. The van der Waals surface area contributed by atoms with E-state index in [4.69, 9.17) is 27.9 Å². The monoisotopic (exact) mass is 348 g/mol. The summed E-state index contributed by atoms with van der Waals surface area (Å²) in [5.74, 6) is -1.13. The first-order valence-electron chi connectivity index (χ1n) is 7.50. The van der Waals surface area contributed by atoms with E-state index in [-0.39, 0.29) is 6.42 Å². The number of hydrogen-bond acceptors (Lipinski definition) is 4. The Morgan fingerprint density at radius 3 is 2.41 bits per heavy atom. The number of ether oxygens (including phenoxy) is 1. The van der Waals surface area contributed by atoms with Crippen LogP contribution in [0, 0.1) is 11.3 Å². The Kier molecular flexibility index (Phi) is 7.07. The fraction of sp³-hybridized carbons (Fsp3) is 0.688. The van der Waals surface area contributed by atoms with Gasteiger partial charge < -0.3 is 4.74 Å². The van der Waals surface area contributed by atoms with Crippen molar-refractivity contribution in [1.82, 2.24) is 0 Å². The quantitative estimate of drug-likeness (QED) is 0.396. The molecule has 4 nitrogen and oxygen atoms in total. The van der Waals surface area contributed by atoms with Crippen molar-refractivity contribution in [3.05, 3.63) is 12.2 Å². The summed E-state index contributed by atoms with van der Waals surface area (Å²) in [6, 6.07) is 0. The molecule has 0 amide bonds. The molecule has 0 N–H and O–H groups in total. The van der Waals surface area contributed by atoms with Gasteiger partial charge in [-0.05, 0) is 55.8 Å². The van der Waals surface area contributed by atoms with Crippen molar-refractivity contribution in [2.75, 3.05) is 0 Å². The summed E-state index contributed by atoms with van der Waals surface area (Å²) in [5, 5.41) is -1.12. The molecule has 0 aromatic heterocycles. The van der Waals surface area contributed by atoms with E-state index in [1.54, 1.807) is 6.92 Å². The van der Waals surface area contributed by atoms with E-state index in [2.05, 4.69) is 6.58 Å². The Hall–Kier alpha value is -0.870. The van der Waals surface area contributed by atoms with Crippen LogP contribution in [0.2, 0.25) is 0 Å². The van der Waals surface area contributed by atoms with E-state index in [0.717, 1.165) is 12.8 Å². The second-order valence-corrected chi connectivity index (χ2v) is 6.67. The van der Waals surface area contributed by atoms with Crippen molar-refractivity contribution in [2.24, 2.45) is 11.3 Å². The standard InChI is InChI=1S/C16H22Cl2O4/c1-4-11(22-14(20)10(2)3)9-16(15(18)21)8-6-5-7-12(16)13(17)19/h11-12H,2,4-9H2,1,3H3. The summed E-state index contributed by atoms with van der Waals surface area (Å²) in [4.78, 5) is 35.6. The maximum absolute atomic E-state index is 12.1. The molecule has 1 rings (SSSR count). The summed E-state index contributed by atoms with van der Waals surface area (Å²) < 4.78 is 5.36. The predicted molar refractivity (Wildman–Crippen MR) is 85.7 cm³/mol. The SMILES string of the molecule is C=C(C)C(=O)OC(CC)CC1(C(=O)Cl)CCCCC1C(=O)Cl. The van der Waals surface area contributed by atoms with E-state index >= 15 is 0 Å². The Labute approximate surface area is 141 Å². The minimum absolute atomic E-state index is 0.216. The van der Waals surface area contributed by atoms with Crippen molar-refractivity contribution in [3.63, 3.8) is 0 Å². The van der Waals surface area contributed by atoms with E-state index in [1.807, 2.05) is 6.92 Å². The van der Waals surface area contributed by atoms with Crippen molar-refractivity contribution < 1.29 is 19.1 Å². The molecule has 0 heterocycles. The van der Waals surface area contributed by atoms with Crippen LogP contribution < -0.4 is 0 Å². The van der Waals surface area contributed by atoms with Gasteiger partial charge in [0.1, 0.15) is 6.10 Å². The zero-order valence-corrected chi connectivity index (χ0v) is 14.5. The molecule has 1 aliphatic carbocycles. The largest absolute Gasteiger partial charge is 0.459 e. The maximum Gasteiger partial charge on any atom is 0.333 e. The van der Waals surface area contributed by atoms with Crippen molar-refractivity contribution >= 4 is 39.7 Å². The van der Waals surface area contributed by atoms with Crippen molar-refractivity contribution in [1.29, 1.82) is 0 Å². The lowest BCUT2D eigenvalue weighted by Gasteiger charge is -2.41. The number of carbonyl (C=O) groups is 3. The number of esters is 1. The maximum atomic E-state index is 12.1. The van der Waals surface area contributed by atoms with E-state index < -0.39 is 33.9 Å². The number of hydrogen-bond donors (Lipinski definition) is 0. The number of halogens is 2. The summed E-state index contributed by atoms with van der Waals surface area (Å²) in [6.45, 7) is 6.95. The molecule has 1 saturated carbocycles. The topological polar surface area (TPSA) is 60.4 Å². The molecule has 6 heteroatoms. The molecule has 1 fully saturated rings. The van der Waals surface area contributed by atoms with Crippen molar-refractivity contribution in [2.45, 2.75) is 58.5 Å². The molecule has 22 heavy (non-hydrogen) atoms. The van der Waals surface area contributed by atoms with Gasteiger partial charge in [0.05, 0.1) is 5.41 Å². The van der Waals surface area contributed by atoms with Crippen LogP contribution in [0.15, 0.2) is 12.2 Å². The van der Waals surface area contributed by atoms with Gasteiger partial charge in [-0.3, -0.25) is 9.59 Å². The molecule has 0 aromatic carbocycles. The smallest absolute Gasteiger partial charge is 0.333 e. The van der Waals surface area contributed by atoms with Crippen LogP contribution in [-0.4, -0.2) is 22.6 Å². The first-order chi connectivity index (χ1) is 10.2. The zero-order valence-electron chi connectivity index (χ0n) is 13.0. The second kappa shape index (κ2) is 8.11. The third-order valence-corrected chi connectivity index (χ3v) is 5.01. The summed E-state index contributed by atoms with van der Waals surface area (Å²) in [7, 11) is 0. The van der Waals surface area contributed by atoms with Gasteiger partial charge in [0.25, 0.3) is 0 Å². The molecule has 0 radical (unpaired) electrons. The fourth-order valence-corrected chi connectivity index (χ4v) is 3.68. The van der Waals surface area contributed by atoms with Crippen LogP contribution in [0.4, 0.5) is 0 Å². The Balaban J connectivity index is 3.02. The average Bonchev–Trinajstić information content (AvgIpc) is 2.46. The third kappa shape index (κ3) is 4.32. The molecule has 0 aromatic rings. The zero-order chi connectivity index (χ0) is 16.9. The van der Waals surface area contributed by atoms with Crippen molar-refractivity contribution in [3.8, 4) is 0 Å². The Morgan fingerprint density at radius 2 is 1.95 bits per heavy atom. The van der Waals surface area contributed by atoms with Gasteiger partial charge in [0, 0.05) is 11.5 Å². The molecule has 0 spiro atoms. The van der Waals surface area contributed by atoms with Gasteiger partial charge in [-0.15, -0.1) is 0 Å². The minimum Gasteiger partial charge on any atom is -0.459 e. The van der Waals surface area contributed by atoms with E-state index in [0.29, 0.717) is 24.8 Å². The molecular weight excluding hydrogens is 327 g/mol. The number of carbonyl (C=O) groups excluding carboxylic acids is 3. The lowest BCUT2D eigenvalue weighted by Crippen LogP contribution is -2.44. The van der Waals surface area contributed by atoms with Gasteiger partial charge in [0.2, 0.25) is 10.5 Å². The van der Waals surface area contributed by atoms with Crippen LogP contribution in [0.5, 0.6) is 0 Å². The van der Waals surface area contributed by atoms with Gasteiger partial charge in [-0.25, -0.2) is 4.79 Å². The Bertz CT molecular complexity index is 475. The predicted octanol–water partition coefficient (Wildman–Crippen LogP) is 3.98. The van der Waals surface area contributed by atoms with Gasteiger partial charge >= 0.3 is 5.97 Å². The summed E-state index contributed by atoms with van der Waals surface area (Å²) >= 11 is 11.5. The highest BCUT2D eigenvalue weighted by atomic mass is 35.5. The Morgan fingerprint density at radius 1 is 1.32 bits per heavy atom. The molecule has 0 aliphatic heterocycles. The van der Waals surface area contributed by atoms with Gasteiger partial charge in [-0.1, -0.05) is 26.3 Å². The van der Waals surface area contributed by atoms with Crippen LogP contribution in [-0.2, 0) is 19.1 Å². The van der Waals surface area contributed by atoms with Crippen LogP contribution in [0.3, 0.4) is 0 Å². The van der Waals surface area contributed by atoms with Gasteiger partial charge in [-0.2, -0.15) is 0 Å². The summed E-state index contributed by atoms with van der Waals surface area (Å²) in [6.07, 6.45) is 2.89. The average molecular weight is 349 g/mol. The first kappa shape index (κ1) is 19.2. The molecule has 3 atom stereocenters. The molecule has 0 bridgehead atoms. The van der Waals surface area contributed by atoms with Crippen LogP contribution >= 0.6 is 23.2 Å². The molecule has 3 unspecified atom stereocenters. The normalized spacial score (nSPS) is 26.1. The van der Waals surface area contributed by atoms with Crippen LogP contribution in [0.1, 0.15) is 52.4 Å². The lowest BCUT2D eigenvalue weighted by atomic mass is 9.64. The fourth-order valence-electron chi connectivity index (χ4n) is 3.06. The highest BCUT2D eigenvalue weighted by Crippen LogP contribution is 2.48.